The Labute approximate surface area is 91.4 Å². The van der Waals surface area contributed by atoms with Gasteiger partial charge in [0, 0.05) is 25.6 Å². The van der Waals surface area contributed by atoms with Crippen LogP contribution in [-0.2, 0) is 0 Å². The molecule has 1 fully saturated rings. The van der Waals surface area contributed by atoms with E-state index in [0.29, 0.717) is 6.61 Å². The van der Waals surface area contributed by atoms with E-state index in [1.807, 2.05) is 0 Å². The molecule has 15 heavy (non-hydrogen) atoms. The van der Waals surface area contributed by atoms with Crippen LogP contribution < -0.4 is 5.32 Å². The number of hydrogen-bond acceptors (Lipinski definition) is 4. The number of aliphatic hydroxyl groups is 1. The van der Waals surface area contributed by atoms with Crippen LogP contribution in [0, 0.1) is 5.41 Å². The number of likely N-dealkylation sites (N-methyl/N-ethyl adjacent to an activating group) is 1. The number of aliphatic imine (C=N–C) groups is 1. The van der Waals surface area contributed by atoms with Gasteiger partial charge < -0.3 is 15.3 Å². The average Bonchev–Trinajstić information content (AvgIpc) is 2.85. The van der Waals surface area contributed by atoms with E-state index in [0.717, 1.165) is 38.4 Å². The molecular formula is C11H21N3O. The normalized spacial score (nSPS) is 24.4. The van der Waals surface area contributed by atoms with E-state index in [1.54, 1.807) is 0 Å². The fourth-order valence-electron chi connectivity index (χ4n) is 2.51. The first-order chi connectivity index (χ1) is 7.26. The maximum atomic E-state index is 9.46. The summed E-state index contributed by atoms with van der Waals surface area (Å²) in [6.07, 6.45) is 4.80. The summed E-state index contributed by atoms with van der Waals surface area (Å²) in [5, 5.41) is 12.8. The Hall–Kier alpha value is -0.770. The van der Waals surface area contributed by atoms with Crippen LogP contribution in [0.25, 0.3) is 0 Å². The molecule has 0 atom stereocenters. The van der Waals surface area contributed by atoms with Crippen LogP contribution in [0.5, 0.6) is 0 Å². The third-order valence-electron chi connectivity index (χ3n) is 3.68. The van der Waals surface area contributed by atoms with Gasteiger partial charge in [0.1, 0.15) is 0 Å². The summed E-state index contributed by atoms with van der Waals surface area (Å²) in [6.45, 7) is 3.07. The molecule has 1 saturated carbocycles. The maximum Gasteiger partial charge on any atom is 0.193 e. The Bertz CT molecular complexity index is 246. The SMILES string of the molecule is CN1CCN=C1NCC1(CO)CCCC1. The summed E-state index contributed by atoms with van der Waals surface area (Å²) in [5.74, 6) is 0.995. The summed E-state index contributed by atoms with van der Waals surface area (Å²) in [4.78, 5) is 6.53. The molecule has 0 bridgehead atoms. The number of hydrogen-bond donors (Lipinski definition) is 2. The molecule has 0 aromatic carbocycles. The van der Waals surface area contributed by atoms with Crippen LogP contribution in [0.1, 0.15) is 25.7 Å². The number of rotatable bonds is 3. The predicted octanol–water partition coefficient (Wildman–Crippen LogP) is 0.430. The molecule has 0 saturated heterocycles. The highest BCUT2D eigenvalue weighted by Gasteiger charge is 2.33. The highest BCUT2D eigenvalue weighted by atomic mass is 16.3. The molecular weight excluding hydrogens is 190 g/mol. The lowest BCUT2D eigenvalue weighted by Crippen LogP contribution is -2.43. The number of nitrogens with zero attached hydrogens (tertiary/aromatic N) is 2. The van der Waals surface area contributed by atoms with Crippen molar-refractivity contribution in [3.05, 3.63) is 0 Å². The van der Waals surface area contributed by atoms with Crippen LogP contribution in [0.3, 0.4) is 0 Å². The summed E-state index contributed by atoms with van der Waals surface area (Å²) in [7, 11) is 2.05. The Kier molecular flexibility index (Phi) is 3.14. The fraction of sp³-hybridized carbons (Fsp3) is 0.909. The summed E-state index contributed by atoms with van der Waals surface area (Å²) in [6, 6.07) is 0. The molecule has 2 rings (SSSR count). The standard InChI is InChI=1S/C11H21N3O/c1-14-7-6-12-10(14)13-8-11(9-15)4-2-3-5-11/h15H,2-9H2,1H3,(H,12,13). The van der Waals surface area contributed by atoms with Crippen molar-refractivity contribution in [3.63, 3.8) is 0 Å². The van der Waals surface area contributed by atoms with E-state index in [2.05, 4.69) is 22.3 Å². The minimum atomic E-state index is 0.117. The third kappa shape index (κ3) is 2.25. The highest BCUT2D eigenvalue weighted by Crippen LogP contribution is 2.36. The molecule has 1 aliphatic carbocycles. The molecule has 0 spiro atoms. The van der Waals surface area contributed by atoms with Crippen molar-refractivity contribution in [2.24, 2.45) is 10.4 Å². The smallest absolute Gasteiger partial charge is 0.193 e. The van der Waals surface area contributed by atoms with Crippen molar-refractivity contribution >= 4 is 5.96 Å². The van der Waals surface area contributed by atoms with Crippen molar-refractivity contribution in [2.75, 3.05) is 33.3 Å². The van der Waals surface area contributed by atoms with Gasteiger partial charge in [-0.2, -0.15) is 0 Å². The van der Waals surface area contributed by atoms with Gasteiger partial charge >= 0.3 is 0 Å². The molecule has 0 aromatic heterocycles. The molecule has 0 amide bonds. The van der Waals surface area contributed by atoms with Crippen molar-refractivity contribution in [1.82, 2.24) is 10.2 Å². The van der Waals surface area contributed by atoms with Gasteiger partial charge in [0.2, 0.25) is 0 Å². The molecule has 86 valence electrons. The summed E-state index contributed by atoms with van der Waals surface area (Å²) >= 11 is 0. The number of nitrogens with one attached hydrogen (secondary N) is 1. The molecule has 4 nitrogen and oxygen atoms in total. The monoisotopic (exact) mass is 211 g/mol. The van der Waals surface area contributed by atoms with E-state index in [9.17, 15) is 5.11 Å². The summed E-state index contributed by atoms with van der Waals surface area (Å²) in [5.41, 5.74) is 0.117. The van der Waals surface area contributed by atoms with Gasteiger partial charge in [0.15, 0.2) is 5.96 Å². The summed E-state index contributed by atoms with van der Waals surface area (Å²) < 4.78 is 0. The van der Waals surface area contributed by atoms with Gasteiger partial charge in [-0.25, -0.2) is 0 Å². The quantitative estimate of drug-likeness (QED) is 0.711. The zero-order valence-electron chi connectivity index (χ0n) is 9.50. The van der Waals surface area contributed by atoms with Gasteiger partial charge in [0.25, 0.3) is 0 Å². The number of guanidine groups is 1. The zero-order valence-corrected chi connectivity index (χ0v) is 9.50. The first-order valence-electron chi connectivity index (χ1n) is 5.86. The molecule has 2 N–H and O–H groups in total. The third-order valence-corrected chi connectivity index (χ3v) is 3.68. The molecule has 2 aliphatic rings. The maximum absolute atomic E-state index is 9.46. The molecule has 0 unspecified atom stereocenters. The predicted molar refractivity (Wildman–Crippen MR) is 60.9 cm³/mol. The largest absolute Gasteiger partial charge is 0.396 e. The van der Waals surface area contributed by atoms with E-state index in [1.165, 1.54) is 12.8 Å². The average molecular weight is 211 g/mol. The van der Waals surface area contributed by atoms with E-state index >= 15 is 0 Å². The van der Waals surface area contributed by atoms with Gasteiger partial charge in [0.05, 0.1) is 13.2 Å². The lowest BCUT2D eigenvalue weighted by Gasteiger charge is -2.28. The van der Waals surface area contributed by atoms with Gasteiger partial charge in [-0.05, 0) is 12.8 Å². The lowest BCUT2D eigenvalue weighted by molar-refractivity contribution is 0.133. The minimum Gasteiger partial charge on any atom is -0.396 e. The Morgan fingerprint density at radius 1 is 1.47 bits per heavy atom. The second kappa shape index (κ2) is 4.39. The van der Waals surface area contributed by atoms with Crippen molar-refractivity contribution in [3.8, 4) is 0 Å². The highest BCUT2D eigenvalue weighted by molar-refractivity contribution is 5.81. The van der Waals surface area contributed by atoms with Crippen LogP contribution >= 0.6 is 0 Å². The zero-order chi connectivity index (χ0) is 10.7. The van der Waals surface area contributed by atoms with Crippen LogP contribution in [0.15, 0.2) is 4.99 Å². The second-order valence-electron chi connectivity index (χ2n) is 4.85. The molecule has 4 heteroatoms. The first kappa shape index (κ1) is 10.7. The minimum absolute atomic E-state index is 0.117. The Balaban J connectivity index is 1.86. The van der Waals surface area contributed by atoms with Crippen LogP contribution in [0.4, 0.5) is 0 Å². The molecule has 0 aromatic rings. The molecule has 1 aliphatic heterocycles. The number of aliphatic hydroxyl groups excluding tert-OH is 1. The second-order valence-corrected chi connectivity index (χ2v) is 4.85. The van der Waals surface area contributed by atoms with Crippen molar-refractivity contribution in [2.45, 2.75) is 25.7 Å². The topological polar surface area (TPSA) is 47.9 Å². The van der Waals surface area contributed by atoms with Crippen molar-refractivity contribution in [1.29, 1.82) is 0 Å². The molecule has 1 heterocycles. The molecule has 0 radical (unpaired) electrons. The van der Waals surface area contributed by atoms with Gasteiger partial charge in [-0.15, -0.1) is 0 Å². The van der Waals surface area contributed by atoms with Crippen molar-refractivity contribution < 1.29 is 5.11 Å². The van der Waals surface area contributed by atoms with Crippen LogP contribution in [0.2, 0.25) is 0 Å². The fourth-order valence-corrected chi connectivity index (χ4v) is 2.51. The van der Waals surface area contributed by atoms with Crippen LogP contribution in [-0.4, -0.2) is 49.3 Å². The van der Waals surface area contributed by atoms with Gasteiger partial charge in [-0.3, -0.25) is 4.99 Å². The van der Waals surface area contributed by atoms with Gasteiger partial charge in [-0.1, -0.05) is 12.8 Å². The van der Waals surface area contributed by atoms with E-state index < -0.39 is 0 Å². The lowest BCUT2D eigenvalue weighted by atomic mass is 9.87. The first-order valence-corrected chi connectivity index (χ1v) is 5.86. The van der Waals surface area contributed by atoms with E-state index in [4.69, 9.17) is 0 Å². The Morgan fingerprint density at radius 3 is 2.73 bits per heavy atom. The Morgan fingerprint density at radius 2 is 2.20 bits per heavy atom. The van der Waals surface area contributed by atoms with E-state index in [-0.39, 0.29) is 5.41 Å².